The van der Waals surface area contributed by atoms with Crippen LogP contribution in [0.5, 0.6) is 5.75 Å². The number of rotatable bonds is 7. The summed E-state index contributed by atoms with van der Waals surface area (Å²) >= 11 is 5.95. The Bertz CT molecular complexity index is 1330. The summed E-state index contributed by atoms with van der Waals surface area (Å²) in [4.78, 5) is 20.6. The second-order valence-electron chi connectivity index (χ2n) is 7.46. The van der Waals surface area contributed by atoms with Crippen molar-refractivity contribution >= 4 is 34.7 Å². The summed E-state index contributed by atoms with van der Waals surface area (Å²) in [7, 11) is 0. The largest absolute Gasteiger partial charge is 0.507 e. The van der Waals surface area contributed by atoms with Crippen LogP contribution in [-0.2, 0) is 13.2 Å². The zero-order valence-corrected chi connectivity index (χ0v) is 18.7. The first kappa shape index (κ1) is 23.0. The van der Waals surface area contributed by atoms with Crippen LogP contribution in [0.1, 0.15) is 21.5 Å². The molecule has 0 aliphatic heterocycles. The number of nitrogen functional groups attached to an aromatic ring is 1. The van der Waals surface area contributed by atoms with Crippen LogP contribution >= 0.6 is 11.6 Å². The number of nitrogens with zero attached hydrogens (tertiary/aromatic N) is 2. The van der Waals surface area contributed by atoms with Gasteiger partial charge in [-0.25, -0.2) is 9.37 Å². The van der Waals surface area contributed by atoms with Crippen LogP contribution in [0.3, 0.4) is 0 Å². The highest BCUT2D eigenvalue weighted by Gasteiger charge is 2.12. The number of hydrogen-bond donors (Lipinski definition) is 4. The van der Waals surface area contributed by atoms with Gasteiger partial charge in [0.05, 0.1) is 11.3 Å². The SMILES string of the molecule is Nc1nc(-c2cc(Nc3ccc(Cl)cc3CF)ccc2O)ccc1CNC(=O)c1cccnc1. The van der Waals surface area contributed by atoms with Gasteiger partial charge in [-0.15, -0.1) is 0 Å². The monoisotopic (exact) mass is 477 g/mol. The molecular formula is C25H21ClFN5O2. The normalized spacial score (nSPS) is 10.6. The van der Waals surface area contributed by atoms with Gasteiger partial charge in [0.2, 0.25) is 0 Å². The van der Waals surface area contributed by atoms with Gasteiger partial charge in [0.1, 0.15) is 18.2 Å². The Hall–Kier alpha value is -4.17. The number of carbonyl (C=O) groups is 1. The van der Waals surface area contributed by atoms with Gasteiger partial charge in [0.25, 0.3) is 5.91 Å². The van der Waals surface area contributed by atoms with Crippen molar-refractivity contribution in [2.24, 2.45) is 0 Å². The van der Waals surface area contributed by atoms with Crippen molar-refractivity contribution in [2.45, 2.75) is 13.2 Å². The van der Waals surface area contributed by atoms with Crippen molar-refractivity contribution in [2.75, 3.05) is 11.1 Å². The second-order valence-corrected chi connectivity index (χ2v) is 7.89. The lowest BCUT2D eigenvalue weighted by atomic mass is 10.1. The number of nitrogens with two attached hydrogens (primary N) is 1. The van der Waals surface area contributed by atoms with Gasteiger partial charge in [-0.05, 0) is 54.6 Å². The number of phenolic OH excluding ortho intramolecular Hbond substituents is 1. The lowest BCUT2D eigenvalue weighted by Crippen LogP contribution is -2.23. The number of aromatic nitrogens is 2. The van der Waals surface area contributed by atoms with Gasteiger partial charge < -0.3 is 21.5 Å². The summed E-state index contributed by atoms with van der Waals surface area (Å²) in [5, 5.41) is 16.8. The van der Waals surface area contributed by atoms with Crippen LogP contribution in [0.4, 0.5) is 21.6 Å². The molecule has 0 atom stereocenters. The van der Waals surface area contributed by atoms with Crippen molar-refractivity contribution in [3.05, 3.63) is 94.8 Å². The van der Waals surface area contributed by atoms with Gasteiger partial charge >= 0.3 is 0 Å². The summed E-state index contributed by atoms with van der Waals surface area (Å²) in [6.45, 7) is -0.492. The molecule has 0 saturated heterocycles. The van der Waals surface area contributed by atoms with E-state index in [-0.39, 0.29) is 24.0 Å². The molecule has 0 bridgehead atoms. The molecule has 4 aromatic rings. The summed E-state index contributed by atoms with van der Waals surface area (Å²) in [5.41, 5.74) is 9.69. The molecule has 5 N–H and O–H groups in total. The summed E-state index contributed by atoms with van der Waals surface area (Å²) < 4.78 is 13.4. The van der Waals surface area contributed by atoms with E-state index in [0.29, 0.717) is 44.3 Å². The minimum Gasteiger partial charge on any atom is -0.507 e. The number of halogens is 2. The smallest absolute Gasteiger partial charge is 0.253 e. The quantitative estimate of drug-likeness (QED) is 0.271. The molecule has 0 aliphatic rings. The molecular weight excluding hydrogens is 457 g/mol. The molecule has 2 aromatic carbocycles. The predicted molar refractivity (Wildman–Crippen MR) is 131 cm³/mol. The molecule has 0 spiro atoms. The standard InChI is InChI=1S/C25H21ClFN5O2/c26-18-4-7-21(17(10-18)12-27)31-19-5-8-23(33)20(11-19)22-6-3-15(24(28)32-22)14-30-25(34)16-2-1-9-29-13-16/h1-11,13,31,33H,12,14H2,(H2,28,32)(H,30,34). The van der Waals surface area contributed by atoms with Crippen LogP contribution in [0.25, 0.3) is 11.3 Å². The Morgan fingerprint density at radius 3 is 2.68 bits per heavy atom. The fourth-order valence-corrected chi connectivity index (χ4v) is 3.54. The third-order valence-electron chi connectivity index (χ3n) is 5.14. The Morgan fingerprint density at radius 1 is 1.09 bits per heavy atom. The van der Waals surface area contributed by atoms with E-state index in [1.165, 1.54) is 12.3 Å². The number of nitrogens with one attached hydrogen (secondary N) is 2. The van der Waals surface area contributed by atoms with Crippen molar-refractivity contribution in [3.63, 3.8) is 0 Å². The lowest BCUT2D eigenvalue weighted by Gasteiger charge is -2.14. The third kappa shape index (κ3) is 5.24. The fourth-order valence-electron chi connectivity index (χ4n) is 3.35. The zero-order chi connectivity index (χ0) is 24.1. The van der Waals surface area contributed by atoms with E-state index < -0.39 is 6.67 Å². The van der Waals surface area contributed by atoms with Gasteiger partial charge in [0, 0.05) is 52.0 Å². The molecule has 34 heavy (non-hydrogen) atoms. The molecule has 2 aromatic heterocycles. The first-order chi connectivity index (χ1) is 16.4. The Balaban J connectivity index is 1.53. The van der Waals surface area contributed by atoms with E-state index in [0.717, 1.165) is 0 Å². The van der Waals surface area contributed by atoms with Gasteiger partial charge in [0.15, 0.2) is 0 Å². The topological polar surface area (TPSA) is 113 Å². The van der Waals surface area contributed by atoms with Gasteiger partial charge in [-0.3, -0.25) is 9.78 Å². The van der Waals surface area contributed by atoms with Crippen LogP contribution in [0, 0.1) is 0 Å². The van der Waals surface area contributed by atoms with Crippen LogP contribution in [0.2, 0.25) is 5.02 Å². The third-order valence-corrected chi connectivity index (χ3v) is 5.37. The number of alkyl halides is 1. The van der Waals surface area contributed by atoms with E-state index in [4.69, 9.17) is 17.3 Å². The Labute approximate surface area is 200 Å². The molecule has 1 amide bonds. The Kier molecular flexibility index (Phi) is 6.89. The number of hydrogen-bond acceptors (Lipinski definition) is 6. The summed E-state index contributed by atoms with van der Waals surface area (Å²) in [6, 6.07) is 16.6. The Morgan fingerprint density at radius 2 is 1.94 bits per heavy atom. The zero-order valence-electron chi connectivity index (χ0n) is 17.9. The van der Waals surface area contributed by atoms with E-state index in [2.05, 4.69) is 20.6 Å². The highest BCUT2D eigenvalue weighted by Crippen LogP contribution is 2.33. The van der Waals surface area contributed by atoms with E-state index in [1.54, 1.807) is 60.8 Å². The molecule has 7 nitrogen and oxygen atoms in total. The summed E-state index contributed by atoms with van der Waals surface area (Å²) in [5.74, 6) is -0.0427. The van der Waals surface area contributed by atoms with Crippen molar-refractivity contribution in [1.82, 2.24) is 15.3 Å². The molecule has 9 heteroatoms. The van der Waals surface area contributed by atoms with E-state index >= 15 is 0 Å². The van der Waals surface area contributed by atoms with Crippen molar-refractivity contribution in [3.8, 4) is 17.0 Å². The van der Waals surface area contributed by atoms with E-state index in [1.807, 2.05) is 0 Å². The second kappa shape index (κ2) is 10.2. The maximum Gasteiger partial charge on any atom is 0.253 e. The number of amides is 1. The molecule has 2 heterocycles. The first-order valence-electron chi connectivity index (χ1n) is 10.3. The molecule has 4 rings (SSSR count). The fraction of sp³-hybridized carbons (Fsp3) is 0.0800. The average molecular weight is 478 g/mol. The highest BCUT2D eigenvalue weighted by molar-refractivity contribution is 6.30. The van der Waals surface area contributed by atoms with E-state index in [9.17, 15) is 14.3 Å². The maximum absolute atomic E-state index is 13.4. The van der Waals surface area contributed by atoms with Gasteiger partial charge in [-0.1, -0.05) is 17.7 Å². The first-order valence-corrected chi connectivity index (χ1v) is 10.7. The summed E-state index contributed by atoms with van der Waals surface area (Å²) in [6.07, 6.45) is 3.07. The van der Waals surface area contributed by atoms with Crippen molar-refractivity contribution < 1.29 is 14.3 Å². The maximum atomic E-state index is 13.4. The van der Waals surface area contributed by atoms with Crippen molar-refractivity contribution in [1.29, 1.82) is 0 Å². The number of carbonyl (C=O) groups excluding carboxylic acids is 1. The van der Waals surface area contributed by atoms with Crippen LogP contribution in [-0.4, -0.2) is 21.0 Å². The number of aromatic hydroxyl groups is 1. The number of benzene rings is 2. The molecule has 0 aliphatic carbocycles. The van der Waals surface area contributed by atoms with Crippen LogP contribution in [0.15, 0.2) is 73.1 Å². The average Bonchev–Trinajstić information content (AvgIpc) is 2.85. The molecule has 172 valence electrons. The number of pyridine rings is 2. The predicted octanol–water partition coefficient (Wildman–Crippen LogP) is 5.23. The minimum atomic E-state index is -0.676. The number of anilines is 3. The molecule has 0 unspecified atom stereocenters. The molecule has 0 radical (unpaired) electrons. The minimum absolute atomic E-state index is 0.0110. The number of phenols is 1. The highest BCUT2D eigenvalue weighted by atomic mass is 35.5. The molecule has 0 fully saturated rings. The van der Waals surface area contributed by atoms with Gasteiger partial charge in [-0.2, -0.15) is 0 Å². The molecule has 0 saturated carbocycles. The lowest BCUT2D eigenvalue weighted by molar-refractivity contribution is 0.0950. The van der Waals surface area contributed by atoms with Crippen LogP contribution < -0.4 is 16.4 Å².